The molecule has 1 aromatic rings. The van der Waals surface area contributed by atoms with Crippen molar-refractivity contribution < 1.29 is 13.2 Å². The first-order valence-corrected chi connectivity index (χ1v) is 10.6. The van der Waals surface area contributed by atoms with Crippen molar-refractivity contribution in [3.05, 3.63) is 30.1 Å². The number of hydrogen-bond donors (Lipinski definition) is 0. The molecule has 2 fully saturated rings. The third kappa shape index (κ3) is 3.87. The maximum Gasteiger partial charge on any atom is 0.255 e. The minimum Gasteiger partial charge on any atom is -0.339 e. The first kappa shape index (κ1) is 18.3. The van der Waals surface area contributed by atoms with E-state index in [1.54, 1.807) is 33.7 Å². The molecule has 0 unspecified atom stereocenters. The quantitative estimate of drug-likeness (QED) is 0.818. The van der Waals surface area contributed by atoms with Crippen LogP contribution >= 0.6 is 0 Å². The van der Waals surface area contributed by atoms with Crippen molar-refractivity contribution in [3.63, 3.8) is 0 Å². The van der Waals surface area contributed by atoms with Gasteiger partial charge < -0.3 is 4.90 Å². The van der Waals surface area contributed by atoms with Gasteiger partial charge in [0.25, 0.3) is 5.91 Å². The lowest BCUT2D eigenvalue weighted by atomic mass is 10.0. The minimum atomic E-state index is -3.24. The molecule has 1 aromatic heterocycles. The molecule has 0 aliphatic carbocycles. The minimum absolute atomic E-state index is 0.0536. The van der Waals surface area contributed by atoms with Crippen molar-refractivity contribution in [2.75, 3.05) is 26.2 Å². The Hall–Kier alpha value is -1.47. The molecule has 6 nitrogen and oxygen atoms in total. The van der Waals surface area contributed by atoms with Crippen molar-refractivity contribution in [3.8, 4) is 0 Å². The number of carbonyl (C=O) groups is 1. The van der Waals surface area contributed by atoms with Crippen LogP contribution in [0.3, 0.4) is 0 Å². The summed E-state index contributed by atoms with van der Waals surface area (Å²) in [6, 6.07) is 3.50. The summed E-state index contributed by atoms with van der Waals surface area (Å²) in [5.74, 6) is 0.569. The number of sulfonamides is 1. The predicted molar refractivity (Wildman–Crippen MR) is 96.6 cm³/mol. The van der Waals surface area contributed by atoms with Crippen molar-refractivity contribution in [1.29, 1.82) is 0 Å². The molecule has 0 N–H and O–H groups in total. The largest absolute Gasteiger partial charge is 0.339 e. The van der Waals surface area contributed by atoms with Gasteiger partial charge in [-0.1, -0.05) is 13.8 Å². The summed E-state index contributed by atoms with van der Waals surface area (Å²) in [6.45, 7) is 6.56. The number of amides is 1. The van der Waals surface area contributed by atoms with E-state index in [9.17, 15) is 13.2 Å². The first-order chi connectivity index (χ1) is 11.9. The molecular weight excluding hydrogens is 338 g/mol. The topological polar surface area (TPSA) is 70.6 Å². The van der Waals surface area contributed by atoms with Crippen molar-refractivity contribution in [2.24, 2.45) is 11.8 Å². The molecule has 3 rings (SSSR count). The highest BCUT2D eigenvalue weighted by atomic mass is 32.2. The normalized spacial score (nSPS) is 26.4. The van der Waals surface area contributed by atoms with Crippen LogP contribution in [0.25, 0.3) is 0 Å². The molecule has 7 heteroatoms. The van der Waals surface area contributed by atoms with Crippen LogP contribution in [0.2, 0.25) is 0 Å². The summed E-state index contributed by atoms with van der Waals surface area (Å²) in [6.07, 6.45) is 5.37. The summed E-state index contributed by atoms with van der Waals surface area (Å²) < 4.78 is 27.4. The zero-order chi connectivity index (χ0) is 18.0. The lowest BCUT2D eigenvalue weighted by Gasteiger charge is -2.22. The van der Waals surface area contributed by atoms with E-state index >= 15 is 0 Å². The van der Waals surface area contributed by atoms with Gasteiger partial charge in [-0.2, -0.15) is 0 Å². The van der Waals surface area contributed by atoms with Gasteiger partial charge in [0.1, 0.15) is 0 Å². The van der Waals surface area contributed by atoms with E-state index in [1.807, 2.05) is 0 Å². The molecule has 2 atom stereocenters. The Balaban J connectivity index is 1.67. The molecule has 1 amide bonds. The molecule has 2 aliphatic rings. The van der Waals surface area contributed by atoms with Gasteiger partial charge in [-0.3, -0.25) is 9.78 Å². The lowest BCUT2D eigenvalue weighted by Crippen LogP contribution is -2.35. The zero-order valence-electron chi connectivity index (χ0n) is 15.0. The molecule has 0 saturated carbocycles. The van der Waals surface area contributed by atoms with Crippen molar-refractivity contribution in [2.45, 2.75) is 38.4 Å². The Morgan fingerprint density at radius 1 is 1.32 bits per heavy atom. The van der Waals surface area contributed by atoms with E-state index < -0.39 is 10.0 Å². The fourth-order valence-electron chi connectivity index (χ4n) is 3.79. The van der Waals surface area contributed by atoms with E-state index in [2.05, 4.69) is 18.8 Å². The van der Waals surface area contributed by atoms with Crippen molar-refractivity contribution in [1.82, 2.24) is 14.2 Å². The lowest BCUT2D eigenvalue weighted by molar-refractivity contribution is 0.0758. The van der Waals surface area contributed by atoms with Gasteiger partial charge in [0.15, 0.2) is 0 Å². The maximum atomic E-state index is 12.9. The molecule has 25 heavy (non-hydrogen) atoms. The smallest absolute Gasteiger partial charge is 0.255 e. The van der Waals surface area contributed by atoms with Gasteiger partial charge in [-0.05, 0) is 43.2 Å². The predicted octanol–water partition coefficient (Wildman–Crippen LogP) is 1.99. The van der Waals surface area contributed by atoms with Crippen LogP contribution in [0.1, 0.15) is 43.5 Å². The summed E-state index contributed by atoms with van der Waals surface area (Å²) >= 11 is 0. The number of hydrogen-bond acceptors (Lipinski definition) is 4. The Labute approximate surface area is 150 Å². The Morgan fingerprint density at radius 2 is 2.08 bits per heavy atom. The van der Waals surface area contributed by atoms with E-state index in [-0.39, 0.29) is 17.1 Å². The molecule has 2 saturated heterocycles. The number of fused-ring (bicyclic) bond motifs is 1. The molecular formula is C18H27N3O3S. The zero-order valence-corrected chi connectivity index (χ0v) is 15.8. The second-order valence-electron chi connectivity index (χ2n) is 7.50. The van der Waals surface area contributed by atoms with E-state index in [4.69, 9.17) is 0 Å². The third-order valence-corrected chi connectivity index (χ3v) is 7.75. The number of likely N-dealkylation sites (tertiary alicyclic amines) is 1. The van der Waals surface area contributed by atoms with Crippen molar-refractivity contribution >= 4 is 15.9 Å². The van der Waals surface area contributed by atoms with Gasteiger partial charge in [-0.25, -0.2) is 12.7 Å². The molecule has 138 valence electrons. The second-order valence-corrected chi connectivity index (χ2v) is 9.65. The Bertz CT molecular complexity index is 706. The highest BCUT2D eigenvalue weighted by Crippen LogP contribution is 2.34. The van der Waals surface area contributed by atoms with Gasteiger partial charge in [0.2, 0.25) is 10.0 Å². The van der Waals surface area contributed by atoms with Gasteiger partial charge in [-0.15, -0.1) is 0 Å². The number of aromatic nitrogens is 1. The molecule has 0 radical (unpaired) electrons. The van der Waals surface area contributed by atoms with Gasteiger partial charge in [0, 0.05) is 38.6 Å². The average molecular weight is 365 g/mol. The van der Waals surface area contributed by atoms with Crippen LogP contribution in [-0.2, 0) is 10.0 Å². The summed E-state index contributed by atoms with van der Waals surface area (Å²) in [4.78, 5) is 18.4. The Kier molecular flexibility index (Phi) is 5.43. The van der Waals surface area contributed by atoms with Gasteiger partial charge >= 0.3 is 0 Å². The summed E-state index contributed by atoms with van der Waals surface area (Å²) in [5, 5.41) is -0.341. The second kappa shape index (κ2) is 7.41. The standard InChI is InChI=1S/C18H27N3O3S/c1-14(2)5-11-21-13-16-6-9-20(10-7-17(16)25(21,23)24)18(22)15-4-3-8-19-12-15/h3-4,8,12,14,16-17H,5-7,9-11,13H2,1-2H3/t16-,17-/m0/s1. The van der Waals surface area contributed by atoms with E-state index in [0.29, 0.717) is 44.1 Å². The maximum absolute atomic E-state index is 12.9. The Morgan fingerprint density at radius 3 is 2.76 bits per heavy atom. The van der Waals surface area contributed by atoms with Crippen LogP contribution < -0.4 is 0 Å². The third-order valence-electron chi connectivity index (χ3n) is 5.31. The number of carbonyl (C=O) groups excluding carboxylic acids is 1. The summed E-state index contributed by atoms with van der Waals surface area (Å²) in [7, 11) is -3.24. The van der Waals surface area contributed by atoms with Crippen LogP contribution in [0.5, 0.6) is 0 Å². The first-order valence-electron chi connectivity index (χ1n) is 9.08. The molecule has 0 spiro atoms. The molecule has 2 aliphatic heterocycles. The molecule has 3 heterocycles. The van der Waals surface area contributed by atoms with Crippen LogP contribution in [-0.4, -0.2) is 59.9 Å². The van der Waals surface area contributed by atoms with E-state index in [0.717, 1.165) is 12.8 Å². The highest BCUT2D eigenvalue weighted by molar-refractivity contribution is 7.90. The number of nitrogens with zero attached hydrogens (tertiary/aromatic N) is 3. The van der Waals surface area contributed by atoms with E-state index in [1.165, 1.54) is 0 Å². The van der Waals surface area contributed by atoms with Crippen LogP contribution in [0, 0.1) is 11.8 Å². The van der Waals surface area contributed by atoms with Crippen LogP contribution in [0.4, 0.5) is 0 Å². The number of rotatable bonds is 4. The SMILES string of the molecule is CC(C)CCN1C[C@@H]2CCN(C(=O)c3cccnc3)CC[C@@H]2S1(=O)=O. The van der Waals surface area contributed by atoms with Crippen LogP contribution in [0.15, 0.2) is 24.5 Å². The molecule has 0 bridgehead atoms. The highest BCUT2D eigenvalue weighted by Gasteiger charge is 2.46. The fourth-order valence-corrected chi connectivity index (χ4v) is 6.05. The number of pyridine rings is 1. The monoisotopic (exact) mass is 365 g/mol. The average Bonchev–Trinajstić information content (AvgIpc) is 2.74. The summed E-state index contributed by atoms with van der Waals surface area (Å²) in [5.41, 5.74) is 0.566. The van der Waals surface area contributed by atoms with Gasteiger partial charge in [0.05, 0.1) is 10.8 Å². The fraction of sp³-hybridized carbons (Fsp3) is 0.667. The molecule has 0 aromatic carbocycles.